The van der Waals surface area contributed by atoms with Gasteiger partial charge < -0.3 is 4.74 Å². The second-order valence-corrected chi connectivity index (χ2v) is 5.65. The first-order chi connectivity index (χ1) is 9.38. The SMILES string of the molecule is C[C@@H](OC(=O)c1cnn(C(C)(C)C)c1)c1ccccn1. The fourth-order valence-electron chi connectivity index (χ4n) is 1.70. The molecule has 0 radical (unpaired) electrons. The van der Waals surface area contributed by atoms with Gasteiger partial charge in [-0.05, 0) is 39.8 Å². The van der Waals surface area contributed by atoms with E-state index in [1.807, 2.05) is 39.0 Å². The topological polar surface area (TPSA) is 57.0 Å². The van der Waals surface area contributed by atoms with Gasteiger partial charge in [0.2, 0.25) is 0 Å². The van der Waals surface area contributed by atoms with Gasteiger partial charge in [-0.3, -0.25) is 9.67 Å². The number of esters is 1. The van der Waals surface area contributed by atoms with Gasteiger partial charge in [-0.1, -0.05) is 6.07 Å². The third-order valence-corrected chi connectivity index (χ3v) is 2.89. The van der Waals surface area contributed by atoms with Gasteiger partial charge in [-0.25, -0.2) is 4.79 Å². The van der Waals surface area contributed by atoms with E-state index in [2.05, 4.69) is 10.1 Å². The van der Waals surface area contributed by atoms with Gasteiger partial charge in [-0.2, -0.15) is 5.10 Å². The van der Waals surface area contributed by atoms with Crippen LogP contribution in [0.25, 0.3) is 0 Å². The molecule has 0 spiro atoms. The Morgan fingerprint density at radius 2 is 2.10 bits per heavy atom. The zero-order valence-electron chi connectivity index (χ0n) is 12.2. The molecule has 1 atom stereocenters. The van der Waals surface area contributed by atoms with Crippen molar-refractivity contribution in [2.75, 3.05) is 0 Å². The van der Waals surface area contributed by atoms with E-state index in [1.165, 1.54) is 6.20 Å². The summed E-state index contributed by atoms with van der Waals surface area (Å²) in [6.45, 7) is 7.86. The summed E-state index contributed by atoms with van der Waals surface area (Å²) >= 11 is 0. The first-order valence-corrected chi connectivity index (χ1v) is 6.55. The molecular formula is C15H19N3O2. The molecule has 106 valence electrons. The van der Waals surface area contributed by atoms with Gasteiger partial charge in [0.25, 0.3) is 0 Å². The Bertz CT molecular complexity index is 585. The van der Waals surface area contributed by atoms with Gasteiger partial charge in [0, 0.05) is 12.4 Å². The largest absolute Gasteiger partial charge is 0.452 e. The summed E-state index contributed by atoms with van der Waals surface area (Å²) in [7, 11) is 0. The standard InChI is InChI=1S/C15H19N3O2/c1-11(13-7-5-6-8-16-13)20-14(19)12-9-17-18(10-12)15(2,3)4/h5-11H,1-4H3/t11-/m1/s1. The molecule has 2 heterocycles. The molecule has 5 heteroatoms. The Hall–Kier alpha value is -2.17. The van der Waals surface area contributed by atoms with E-state index < -0.39 is 5.97 Å². The second kappa shape index (κ2) is 5.45. The number of rotatable bonds is 3. The highest BCUT2D eigenvalue weighted by Crippen LogP contribution is 2.18. The maximum atomic E-state index is 12.1. The Balaban J connectivity index is 2.07. The van der Waals surface area contributed by atoms with Gasteiger partial charge >= 0.3 is 5.97 Å². The predicted molar refractivity (Wildman–Crippen MR) is 75.3 cm³/mol. The zero-order chi connectivity index (χ0) is 14.8. The fourth-order valence-corrected chi connectivity index (χ4v) is 1.70. The van der Waals surface area contributed by atoms with Crippen LogP contribution in [0.2, 0.25) is 0 Å². The molecule has 0 aliphatic carbocycles. The minimum absolute atomic E-state index is 0.162. The molecule has 2 rings (SSSR count). The van der Waals surface area contributed by atoms with Crippen molar-refractivity contribution >= 4 is 5.97 Å². The highest BCUT2D eigenvalue weighted by Gasteiger charge is 2.19. The summed E-state index contributed by atoms with van der Waals surface area (Å²) in [6.07, 6.45) is 4.52. The normalized spacial score (nSPS) is 13.0. The highest BCUT2D eigenvalue weighted by molar-refractivity contribution is 5.88. The average Bonchev–Trinajstić information content (AvgIpc) is 2.89. The van der Waals surface area contributed by atoms with E-state index in [4.69, 9.17) is 4.74 Å². The lowest BCUT2D eigenvalue weighted by atomic mass is 10.1. The molecule has 0 aliphatic rings. The molecule has 0 aromatic carbocycles. The van der Waals surface area contributed by atoms with Crippen LogP contribution < -0.4 is 0 Å². The molecule has 0 saturated carbocycles. The van der Waals surface area contributed by atoms with Crippen LogP contribution in [0.15, 0.2) is 36.8 Å². The van der Waals surface area contributed by atoms with E-state index in [0.29, 0.717) is 5.56 Å². The summed E-state index contributed by atoms with van der Waals surface area (Å²) in [6, 6.07) is 5.52. The maximum absolute atomic E-state index is 12.1. The van der Waals surface area contributed by atoms with Crippen LogP contribution in [0.3, 0.4) is 0 Å². The van der Waals surface area contributed by atoms with Crippen molar-refractivity contribution in [2.45, 2.75) is 39.3 Å². The molecule has 0 aliphatic heterocycles. The smallest absolute Gasteiger partial charge is 0.341 e. The summed E-state index contributed by atoms with van der Waals surface area (Å²) in [5.74, 6) is -0.390. The lowest BCUT2D eigenvalue weighted by Crippen LogP contribution is -2.22. The molecule has 2 aromatic heterocycles. The lowest BCUT2D eigenvalue weighted by molar-refractivity contribution is 0.0329. The summed E-state index contributed by atoms with van der Waals surface area (Å²) in [5.41, 5.74) is 1.01. The fraction of sp³-hybridized carbons (Fsp3) is 0.400. The van der Waals surface area contributed by atoms with E-state index >= 15 is 0 Å². The average molecular weight is 273 g/mol. The summed E-state index contributed by atoms with van der Waals surface area (Å²) < 4.78 is 7.14. The maximum Gasteiger partial charge on any atom is 0.341 e. The van der Waals surface area contributed by atoms with Crippen molar-refractivity contribution in [1.29, 1.82) is 0 Å². The van der Waals surface area contributed by atoms with Gasteiger partial charge in [0.05, 0.1) is 23.0 Å². The number of hydrogen-bond donors (Lipinski definition) is 0. The van der Waals surface area contributed by atoms with E-state index in [0.717, 1.165) is 5.69 Å². The van der Waals surface area contributed by atoms with Crippen LogP contribution in [-0.4, -0.2) is 20.7 Å². The van der Waals surface area contributed by atoms with Crippen molar-refractivity contribution in [3.8, 4) is 0 Å². The quantitative estimate of drug-likeness (QED) is 0.807. The van der Waals surface area contributed by atoms with Crippen molar-refractivity contribution in [1.82, 2.24) is 14.8 Å². The van der Waals surface area contributed by atoms with Crippen LogP contribution in [0.5, 0.6) is 0 Å². The zero-order valence-corrected chi connectivity index (χ0v) is 12.2. The number of hydrogen-bond acceptors (Lipinski definition) is 4. The van der Waals surface area contributed by atoms with E-state index in [1.54, 1.807) is 24.0 Å². The molecule has 0 unspecified atom stereocenters. The first kappa shape index (κ1) is 14.2. The molecule has 0 N–H and O–H groups in total. The third kappa shape index (κ3) is 3.23. The molecule has 20 heavy (non-hydrogen) atoms. The Morgan fingerprint density at radius 1 is 1.35 bits per heavy atom. The lowest BCUT2D eigenvalue weighted by Gasteiger charge is -2.18. The molecular weight excluding hydrogens is 254 g/mol. The first-order valence-electron chi connectivity index (χ1n) is 6.55. The predicted octanol–water partition coefficient (Wildman–Crippen LogP) is 2.95. The number of carbonyl (C=O) groups is 1. The van der Waals surface area contributed by atoms with Crippen molar-refractivity contribution < 1.29 is 9.53 Å². The molecule has 0 amide bonds. The van der Waals surface area contributed by atoms with Crippen molar-refractivity contribution in [3.05, 3.63) is 48.0 Å². The van der Waals surface area contributed by atoms with Crippen molar-refractivity contribution in [2.24, 2.45) is 0 Å². The molecule has 5 nitrogen and oxygen atoms in total. The van der Waals surface area contributed by atoms with Gasteiger partial charge in [-0.15, -0.1) is 0 Å². The Labute approximate surface area is 118 Å². The number of pyridine rings is 1. The third-order valence-electron chi connectivity index (χ3n) is 2.89. The van der Waals surface area contributed by atoms with Gasteiger partial charge in [0.15, 0.2) is 0 Å². The van der Waals surface area contributed by atoms with Crippen LogP contribution in [-0.2, 0) is 10.3 Å². The minimum atomic E-state index is -0.390. The number of ether oxygens (including phenoxy) is 1. The highest BCUT2D eigenvalue weighted by atomic mass is 16.5. The monoisotopic (exact) mass is 273 g/mol. The molecule has 2 aromatic rings. The van der Waals surface area contributed by atoms with E-state index in [9.17, 15) is 4.79 Å². The van der Waals surface area contributed by atoms with Crippen LogP contribution in [0.4, 0.5) is 0 Å². The molecule has 0 saturated heterocycles. The number of carbonyl (C=O) groups excluding carboxylic acids is 1. The second-order valence-electron chi connectivity index (χ2n) is 5.65. The van der Waals surface area contributed by atoms with Gasteiger partial charge in [0.1, 0.15) is 6.10 Å². The van der Waals surface area contributed by atoms with E-state index in [-0.39, 0.29) is 11.6 Å². The minimum Gasteiger partial charge on any atom is -0.452 e. The summed E-state index contributed by atoms with van der Waals surface area (Å²) in [4.78, 5) is 16.2. The van der Waals surface area contributed by atoms with Crippen LogP contribution >= 0.6 is 0 Å². The Morgan fingerprint density at radius 3 is 2.65 bits per heavy atom. The molecule has 0 bridgehead atoms. The number of aromatic nitrogens is 3. The van der Waals surface area contributed by atoms with Crippen molar-refractivity contribution in [3.63, 3.8) is 0 Å². The summed E-state index contributed by atoms with van der Waals surface area (Å²) in [5, 5.41) is 4.19. The number of nitrogens with zero attached hydrogens (tertiary/aromatic N) is 3. The van der Waals surface area contributed by atoms with Crippen LogP contribution in [0.1, 0.15) is 49.9 Å². The Kier molecular flexibility index (Phi) is 3.88. The van der Waals surface area contributed by atoms with Crippen LogP contribution in [0, 0.1) is 0 Å². The molecule has 0 fully saturated rings.